The van der Waals surface area contributed by atoms with Crippen molar-refractivity contribution in [3.8, 4) is 0 Å². The lowest BCUT2D eigenvalue weighted by Crippen LogP contribution is -2.41. The van der Waals surface area contributed by atoms with Crippen molar-refractivity contribution in [3.05, 3.63) is 143 Å². The average molecular weight is 613 g/mol. The van der Waals surface area contributed by atoms with Crippen LogP contribution in [0.3, 0.4) is 0 Å². The predicted molar refractivity (Wildman–Crippen MR) is 183 cm³/mol. The number of hydrogen-bond donors (Lipinski definition) is 0. The van der Waals surface area contributed by atoms with Gasteiger partial charge in [-0.05, 0) is 87.0 Å². The number of aryl methyl sites for hydroxylation is 1. The lowest BCUT2D eigenvalue weighted by atomic mass is 9.82. The summed E-state index contributed by atoms with van der Waals surface area (Å²) in [5.41, 5.74) is 4.30. The molecule has 0 unspecified atom stereocenters. The molecule has 0 aromatic heterocycles. The molecule has 2 aliphatic rings. The third kappa shape index (κ3) is 3.97. The Labute approximate surface area is 270 Å². The summed E-state index contributed by atoms with van der Waals surface area (Å²) >= 11 is 0. The molecule has 0 atom stereocenters. The van der Waals surface area contributed by atoms with Gasteiger partial charge in [0.1, 0.15) is 0 Å². The van der Waals surface area contributed by atoms with Crippen molar-refractivity contribution in [2.75, 3.05) is 13.1 Å². The third-order valence-electron chi connectivity index (χ3n) is 9.96. The van der Waals surface area contributed by atoms with Crippen LogP contribution in [0.2, 0.25) is 0 Å². The van der Waals surface area contributed by atoms with E-state index in [4.69, 9.17) is 0 Å². The van der Waals surface area contributed by atoms with Crippen molar-refractivity contribution in [1.82, 2.24) is 9.80 Å². The summed E-state index contributed by atoms with van der Waals surface area (Å²) in [5, 5.41) is 6.62. The van der Waals surface area contributed by atoms with Crippen molar-refractivity contribution >= 4 is 66.7 Å². The molecule has 0 fully saturated rings. The zero-order valence-corrected chi connectivity index (χ0v) is 25.5. The van der Waals surface area contributed by atoms with Crippen molar-refractivity contribution in [2.45, 2.75) is 19.3 Å². The molecule has 7 aromatic carbocycles. The normalized spacial score (nSPS) is 14.5. The van der Waals surface area contributed by atoms with Gasteiger partial charge in [-0.15, -0.1) is 0 Å². The zero-order valence-electron chi connectivity index (χ0n) is 25.5. The summed E-state index contributed by atoms with van der Waals surface area (Å²) in [6, 6.07) is 35.0. The molecular weight excluding hydrogens is 584 g/mol. The van der Waals surface area contributed by atoms with Gasteiger partial charge in [-0.1, -0.05) is 84.9 Å². The van der Waals surface area contributed by atoms with Crippen molar-refractivity contribution in [1.29, 1.82) is 0 Å². The summed E-state index contributed by atoms with van der Waals surface area (Å²) in [7, 11) is 0. The maximum Gasteiger partial charge on any atom is 0.261 e. The lowest BCUT2D eigenvalue weighted by molar-refractivity contribution is 0.0595. The quantitative estimate of drug-likeness (QED) is 0.105. The standard InChI is InChI=1S/C41H28N2O4/c44-38-30-17-13-26-28-15-19-32-37-33(41(47)43(40(32)46)23-21-25-10-5-2-6-11-25)20-16-29(35(28)37)27-14-18-31(36(30)34(26)27)39(45)42(38)22-7-12-24-8-3-1-4-9-24/h1-6,8-11,13-20H,7,12,21-23H2. The highest BCUT2D eigenvalue weighted by Crippen LogP contribution is 2.46. The van der Waals surface area contributed by atoms with Gasteiger partial charge in [0.25, 0.3) is 23.6 Å². The Morgan fingerprint density at radius 2 is 0.723 bits per heavy atom. The first-order chi connectivity index (χ1) is 23.0. The predicted octanol–water partition coefficient (Wildman–Crippen LogP) is 7.80. The molecular formula is C41H28N2O4. The Bertz CT molecular complexity index is 2350. The highest BCUT2D eigenvalue weighted by atomic mass is 16.2. The van der Waals surface area contributed by atoms with E-state index >= 15 is 0 Å². The highest BCUT2D eigenvalue weighted by molar-refractivity contribution is 6.41. The number of fused-ring (bicyclic) bond motifs is 2. The highest BCUT2D eigenvalue weighted by Gasteiger charge is 2.36. The van der Waals surface area contributed by atoms with Crippen LogP contribution in [0.1, 0.15) is 59.0 Å². The SMILES string of the molecule is O=C1c2ccc3c4ccc5c6c(ccc(c7ccc(c2c37)C(=O)N1CCCc1ccccc1)c64)C(=O)N(CCc1ccccc1)C5=O. The number of benzene rings is 7. The van der Waals surface area contributed by atoms with E-state index in [-0.39, 0.29) is 23.6 Å². The van der Waals surface area contributed by atoms with Gasteiger partial charge in [0.05, 0.1) is 0 Å². The molecule has 9 rings (SSSR count). The topological polar surface area (TPSA) is 74.8 Å². The first kappa shape index (κ1) is 27.4. The number of imide groups is 2. The molecule has 0 bridgehead atoms. The van der Waals surface area contributed by atoms with Crippen molar-refractivity contribution < 1.29 is 19.2 Å². The molecule has 0 saturated heterocycles. The molecule has 47 heavy (non-hydrogen) atoms. The first-order valence-electron chi connectivity index (χ1n) is 16.0. The molecule has 7 aromatic rings. The number of rotatable bonds is 7. The monoisotopic (exact) mass is 612 g/mol. The number of nitrogens with zero attached hydrogens (tertiary/aromatic N) is 2. The fourth-order valence-corrected chi connectivity index (χ4v) is 7.75. The van der Waals surface area contributed by atoms with Gasteiger partial charge < -0.3 is 0 Å². The molecule has 6 nitrogen and oxygen atoms in total. The van der Waals surface area contributed by atoms with Crippen LogP contribution in [-0.2, 0) is 12.8 Å². The lowest BCUT2D eigenvalue weighted by Gasteiger charge is -2.30. The maximum atomic E-state index is 13.8. The van der Waals surface area contributed by atoms with Crippen LogP contribution in [0.5, 0.6) is 0 Å². The van der Waals surface area contributed by atoms with Gasteiger partial charge in [0, 0.05) is 46.1 Å². The second-order valence-corrected chi connectivity index (χ2v) is 12.5. The van der Waals surface area contributed by atoms with Gasteiger partial charge in [0.2, 0.25) is 0 Å². The number of carbonyl (C=O) groups is 4. The van der Waals surface area contributed by atoms with Crippen LogP contribution in [0.4, 0.5) is 0 Å². The van der Waals surface area contributed by atoms with E-state index in [0.29, 0.717) is 59.0 Å². The number of hydrogen-bond acceptors (Lipinski definition) is 4. The number of carbonyl (C=O) groups excluding carboxylic acids is 4. The second kappa shape index (κ2) is 10.3. The molecule has 0 saturated carbocycles. The van der Waals surface area contributed by atoms with Crippen LogP contribution >= 0.6 is 0 Å². The van der Waals surface area contributed by atoms with Crippen LogP contribution in [0.25, 0.3) is 43.1 Å². The Kier molecular flexibility index (Phi) is 6.03. The minimum absolute atomic E-state index is 0.276. The maximum absolute atomic E-state index is 13.8. The van der Waals surface area contributed by atoms with E-state index in [9.17, 15) is 19.2 Å². The zero-order chi connectivity index (χ0) is 31.8. The largest absolute Gasteiger partial charge is 0.274 e. The summed E-state index contributed by atoms with van der Waals surface area (Å²) < 4.78 is 0. The van der Waals surface area contributed by atoms with Gasteiger partial charge in [-0.2, -0.15) is 0 Å². The molecule has 6 heteroatoms. The Balaban J connectivity index is 1.15. The fourth-order valence-electron chi connectivity index (χ4n) is 7.75. The van der Waals surface area contributed by atoms with Gasteiger partial charge in [-0.25, -0.2) is 0 Å². The van der Waals surface area contributed by atoms with Crippen molar-refractivity contribution in [2.24, 2.45) is 0 Å². The summed E-state index contributed by atoms with van der Waals surface area (Å²) in [6.07, 6.45) is 2.03. The first-order valence-corrected chi connectivity index (χ1v) is 16.0. The summed E-state index contributed by atoms with van der Waals surface area (Å²) in [4.78, 5) is 58.0. The smallest absolute Gasteiger partial charge is 0.261 e. The van der Waals surface area contributed by atoms with E-state index < -0.39 is 0 Å². The van der Waals surface area contributed by atoms with Gasteiger partial charge >= 0.3 is 0 Å². The molecule has 2 aliphatic heterocycles. The minimum Gasteiger partial charge on any atom is -0.274 e. The Hall–Kier alpha value is -5.88. The Morgan fingerprint density at radius 3 is 1.13 bits per heavy atom. The Morgan fingerprint density at radius 1 is 0.362 bits per heavy atom. The minimum atomic E-state index is -0.290. The van der Waals surface area contributed by atoms with E-state index in [1.807, 2.05) is 97.1 Å². The van der Waals surface area contributed by atoms with Gasteiger partial charge in [-0.3, -0.25) is 29.0 Å². The van der Waals surface area contributed by atoms with E-state index in [2.05, 4.69) is 12.1 Å². The molecule has 4 amide bonds. The van der Waals surface area contributed by atoms with E-state index in [1.165, 1.54) is 15.4 Å². The molecule has 226 valence electrons. The molecule has 0 N–H and O–H groups in total. The van der Waals surface area contributed by atoms with Crippen LogP contribution in [0.15, 0.2) is 109 Å². The third-order valence-corrected chi connectivity index (χ3v) is 9.96. The van der Waals surface area contributed by atoms with Crippen LogP contribution in [-0.4, -0.2) is 46.5 Å². The fraction of sp³-hybridized carbons (Fsp3) is 0.122. The van der Waals surface area contributed by atoms with Crippen LogP contribution in [0, 0.1) is 0 Å². The molecule has 0 spiro atoms. The van der Waals surface area contributed by atoms with E-state index in [1.54, 1.807) is 0 Å². The molecule has 0 radical (unpaired) electrons. The van der Waals surface area contributed by atoms with Gasteiger partial charge in [0.15, 0.2) is 0 Å². The van der Waals surface area contributed by atoms with Crippen LogP contribution < -0.4 is 0 Å². The van der Waals surface area contributed by atoms with E-state index in [0.717, 1.165) is 44.3 Å². The average Bonchev–Trinajstić information content (AvgIpc) is 3.11. The summed E-state index contributed by atoms with van der Waals surface area (Å²) in [5.74, 6) is -1.13. The molecule has 0 aliphatic carbocycles. The second-order valence-electron chi connectivity index (χ2n) is 12.5. The van der Waals surface area contributed by atoms with Crippen molar-refractivity contribution in [3.63, 3.8) is 0 Å². The number of amides is 4. The summed E-state index contributed by atoms with van der Waals surface area (Å²) in [6.45, 7) is 0.639. The molecule has 2 heterocycles.